The van der Waals surface area contributed by atoms with Crippen molar-refractivity contribution < 1.29 is 9.90 Å². The molecule has 1 aromatic carbocycles. The summed E-state index contributed by atoms with van der Waals surface area (Å²) in [6, 6.07) is 4.57. The van der Waals surface area contributed by atoms with Crippen LogP contribution in [0.5, 0.6) is 0 Å². The zero-order valence-electron chi connectivity index (χ0n) is 12.8. The molecule has 3 nitrogen and oxygen atoms in total. The Balaban J connectivity index is 2.11. The number of aliphatic hydroxyl groups excluding tert-OH is 1. The standard InChI is InChI=1S/C17H25NO2/c1-12-9-14(3)16(10-13(12)2)17(20)11-18(7-8-19)15-5-4-6-15/h9-10,15,19H,4-8,11H2,1-3H3. The van der Waals surface area contributed by atoms with Crippen LogP contribution < -0.4 is 0 Å². The van der Waals surface area contributed by atoms with Gasteiger partial charge in [0.05, 0.1) is 13.2 Å². The highest BCUT2D eigenvalue weighted by Crippen LogP contribution is 2.25. The number of nitrogens with zero attached hydrogens (tertiary/aromatic N) is 1. The molecule has 1 fully saturated rings. The van der Waals surface area contributed by atoms with Gasteiger partial charge in [-0.2, -0.15) is 0 Å². The van der Waals surface area contributed by atoms with Gasteiger partial charge in [0, 0.05) is 18.2 Å². The molecule has 20 heavy (non-hydrogen) atoms. The minimum Gasteiger partial charge on any atom is -0.395 e. The fourth-order valence-electron chi connectivity index (χ4n) is 2.80. The SMILES string of the molecule is Cc1cc(C)c(C(=O)CN(CCO)C2CCC2)cc1C. The average molecular weight is 275 g/mol. The van der Waals surface area contributed by atoms with Gasteiger partial charge in [-0.1, -0.05) is 12.5 Å². The van der Waals surface area contributed by atoms with Gasteiger partial charge in [0.15, 0.2) is 5.78 Å². The third kappa shape index (κ3) is 3.28. The van der Waals surface area contributed by atoms with E-state index < -0.39 is 0 Å². The van der Waals surface area contributed by atoms with Crippen LogP contribution in [-0.2, 0) is 0 Å². The molecule has 110 valence electrons. The first-order chi connectivity index (χ1) is 9.52. The average Bonchev–Trinajstić information content (AvgIpc) is 2.31. The normalized spacial score (nSPS) is 15.4. The molecule has 1 N–H and O–H groups in total. The lowest BCUT2D eigenvalue weighted by Gasteiger charge is -2.36. The van der Waals surface area contributed by atoms with E-state index >= 15 is 0 Å². The molecule has 1 aromatic rings. The maximum Gasteiger partial charge on any atom is 0.177 e. The molecule has 0 atom stereocenters. The minimum atomic E-state index is 0.121. The number of rotatable bonds is 6. The van der Waals surface area contributed by atoms with Crippen molar-refractivity contribution in [3.05, 3.63) is 34.4 Å². The smallest absolute Gasteiger partial charge is 0.177 e. The van der Waals surface area contributed by atoms with Crippen molar-refractivity contribution in [1.29, 1.82) is 0 Å². The predicted molar refractivity (Wildman–Crippen MR) is 81.3 cm³/mol. The number of Topliss-reactive ketones (excluding diaryl/α,β-unsaturated/α-hetero) is 1. The Labute approximate surface area is 121 Å². The second kappa shape index (κ2) is 6.51. The fraction of sp³-hybridized carbons (Fsp3) is 0.588. The van der Waals surface area contributed by atoms with Crippen LogP contribution in [0.15, 0.2) is 12.1 Å². The lowest BCUT2D eigenvalue weighted by molar-refractivity contribution is 0.0747. The summed E-state index contributed by atoms with van der Waals surface area (Å²) >= 11 is 0. The Morgan fingerprint density at radius 2 is 1.85 bits per heavy atom. The summed E-state index contributed by atoms with van der Waals surface area (Å²) in [5, 5.41) is 9.17. The number of benzene rings is 1. The number of ketones is 1. The van der Waals surface area contributed by atoms with Gasteiger partial charge in [0.2, 0.25) is 0 Å². The largest absolute Gasteiger partial charge is 0.395 e. The zero-order chi connectivity index (χ0) is 14.7. The molecule has 0 aromatic heterocycles. The monoisotopic (exact) mass is 275 g/mol. The van der Waals surface area contributed by atoms with Gasteiger partial charge >= 0.3 is 0 Å². The molecule has 1 saturated carbocycles. The third-order valence-electron chi connectivity index (χ3n) is 4.47. The summed E-state index contributed by atoms with van der Waals surface area (Å²) in [6.07, 6.45) is 3.54. The summed E-state index contributed by atoms with van der Waals surface area (Å²) < 4.78 is 0. The molecular weight excluding hydrogens is 250 g/mol. The number of aryl methyl sites for hydroxylation is 3. The van der Waals surface area contributed by atoms with Crippen LogP contribution in [0.1, 0.15) is 46.3 Å². The van der Waals surface area contributed by atoms with Gasteiger partial charge in [-0.25, -0.2) is 0 Å². The molecule has 2 rings (SSSR count). The summed E-state index contributed by atoms with van der Waals surface area (Å²) in [4.78, 5) is 14.7. The molecule has 0 unspecified atom stereocenters. The quantitative estimate of drug-likeness (QED) is 0.811. The molecule has 0 aliphatic heterocycles. The molecule has 3 heteroatoms. The van der Waals surface area contributed by atoms with E-state index in [4.69, 9.17) is 0 Å². The second-order valence-electron chi connectivity index (χ2n) is 5.95. The maximum absolute atomic E-state index is 12.5. The van der Waals surface area contributed by atoms with E-state index in [2.05, 4.69) is 17.9 Å². The zero-order valence-corrected chi connectivity index (χ0v) is 12.8. The van der Waals surface area contributed by atoms with Crippen LogP contribution in [0, 0.1) is 20.8 Å². The van der Waals surface area contributed by atoms with E-state index in [0.717, 1.165) is 29.5 Å². The van der Waals surface area contributed by atoms with Crippen LogP contribution in [0.4, 0.5) is 0 Å². The van der Waals surface area contributed by atoms with E-state index in [1.807, 2.05) is 19.9 Å². The fourth-order valence-corrected chi connectivity index (χ4v) is 2.80. The van der Waals surface area contributed by atoms with E-state index in [9.17, 15) is 9.90 Å². The Hall–Kier alpha value is -1.19. The number of carbonyl (C=O) groups is 1. The van der Waals surface area contributed by atoms with Crippen molar-refractivity contribution in [2.45, 2.75) is 46.1 Å². The van der Waals surface area contributed by atoms with Crippen molar-refractivity contribution in [2.24, 2.45) is 0 Å². The van der Waals surface area contributed by atoms with Gasteiger partial charge in [0.1, 0.15) is 0 Å². The predicted octanol–water partition coefficient (Wildman–Crippen LogP) is 2.64. The number of carbonyl (C=O) groups excluding carboxylic acids is 1. The molecule has 0 spiro atoms. The minimum absolute atomic E-state index is 0.121. The highest BCUT2D eigenvalue weighted by atomic mass is 16.3. The van der Waals surface area contributed by atoms with Crippen molar-refractivity contribution in [1.82, 2.24) is 4.90 Å². The van der Waals surface area contributed by atoms with Crippen LogP contribution >= 0.6 is 0 Å². The summed E-state index contributed by atoms with van der Waals surface area (Å²) in [7, 11) is 0. The van der Waals surface area contributed by atoms with Crippen molar-refractivity contribution in [3.63, 3.8) is 0 Å². The lowest BCUT2D eigenvalue weighted by atomic mass is 9.90. The third-order valence-corrected chi connectivity index (χ3v) is 4.47. The topological polar surface area (TPSA) is 40.5 Å². The van der Waals surface area contributed by atoms with E-state index in [0.29, 0.717) is 19.1 Å². The molecule has 0 radical (unpaired) electrons. The summed E-state index contributed by atoms with van der Waals surface area (Å²) in [5.41, 5.74) is 4.27. The van der Waals surface area contributed by atoms with Gasteiger partial charge < -0.3 is 5.11 Å². The van der Waals surface area contributed by atoms with E-state index in [-0.39, 0.29) is 12.4 Å². The van der Waals surface area contributed by atoms with Crippen LogP contribution in [0.25, 0.3) is 0 Å². The Morgan fingerprint density at radius 3 is 2.40 bits per heavy atom. The van der Waals surface area contributed by atoms with E-state index in [1.54, 1.807) is 0 Å². The van der Waals surface area contributed by atoms with Crippen LogP contribution in [0.3, 0.4) is 0 Å². The first kappa shape index (κ1) is 15.2. The first-order valence-electron chi connectivity index (χ1n) is 7.49. The molecule has 0 saturated heterocycles. The lowest BCUT2D eigenvalue weighted by Crippen LogP contribution is -2.44. The summed E-state index contributed by atoms with van der Waals surface area (Å²) in [6.45, 7) is 7.26. The Bertz CT molecular complexity index is 492. The molecule has 0 amide bonds. The Kier molecular flexibility index (Phi) is 4.95. The van der Waals surface area contributed by atoms with Gasteiger partial charge in [-0.3, -0.25) is 9.69 Å². The number of hydrogen-bond acceptors (Lipinski definition) is 3. The molecular formula is C17H25NO2. The molecule has 0 bridgehead atoms. The van der Waals surface area contributed by atoms with Gasteiger partial charge in [0.25, 0.3) is 0 Å². The van der Waals surface area contributed by atoms with Crippen LogP contribution in [-0.4, -0.2) is 41.5 Å². The van der Waals surface area contributed by atoms with E-state index in [1.165, 1.54) is 12.0 Å². The Morgan fingerprint density at radius 1 is 1.20 bits per heavy atom. The highest BCUT2D eigenvalue weighted by molar-refractivity contribution is 5.99. The van der Waals surface area contributed by atoms with Crippen molar-refractivity contribution in [3.8, 4) is 0 Å². The van der Waals surface area contributed by atoms with Crippen LogP contribution in [0.2, 0.25) is 0 Å². The first-order valence-corrected chi connectivity index (χ1v) is 7.49. The number of hydrogen-bond donors (Lipinski definition) is 1. The summed E-state index contributed by atoms with van der Waals surface area (Å²) in [5.74, 6) is 0.172. The molecule has 1 aliphatic carbocycles. The molecule has 0 heterocycles. The maximum atomic E-state index is 12.5. The highest BCUT2D eigenvalue weighted by Gasteiger charge is 2.26. The van der Waals surface area contributed by atoms with Crippen molar-refractivity contribution >= 4 is 5.78 Å². The second-order valence-corrected chi connectivity index (χ2v) is 5.95. The van der Waals surface area contributed by atoms with Gasteiger partial charge in [-0.05, 0) is 56.4 Å². The number of aliphatic hydroxyl groups is 1. The molecule has 1 aliphatic rings. The van der Waals surface area contributed by atoms with Gasteiger partial charge in [-0.15, -0.1) is 0 Å². The van der Waals surface area contributed by atoms with Crippen molar-refractivity contribution in [2.75, 3.05) is 19.7 Å².